The third-order valence-corrected chi connectivity index (χ3v) is 13.9. The van der Waals surface area contributed by atoms with Crippen molar-refractivity contribution >= 4 is 11.8 Å². The molecule has 9 atom stereocenters. The van der Waals surface area contributed by atoms with E-state index in [0.717, 1.165) is 56.9 Å². The van der Waals surface area contributed by atoms with E-state index in [1.807, 2.05) is 0 Å². The molecule has 5 heteroatoms. The van der Waals surface area contributed by atoms with Crippen molar-refractivity contribution in [1.82, 2.24) is 10.6 Å². The highest BCUT2D eigenvalue weighted by molar-refractivity contribution is 6.04. The summed E-state index contributed by atoms with van der Waals surface area (Å²) in [6, 6.07) is 6.69. The van der Waals surface area contributed by atoms with E-state index in [0.29, 0.717) is 25.2 Å². The summed E-state index contributed by atoms with van der Waals surface area (Å²) in [6.07, 6.45) is 8.34. The number of nitrogens with one attached hydrogen (secondary N) is 2. The zero-order valence-corrected chi connectivity index (χ0v) is 34.5. The number of hydrogen-bond donors (Lipinski definition) is 2. The van der Waals surface area contributed by atoms with Gasteiger partial charge in [-0.25, -0.2) is 0 Å². The SMILES string of the molecule is CCCCC(Cc1cc(C)cc(C(C)(C)C)c1)(C(=O)CC1CC(C)(CC)NC(C)(CC)C1C)C(=O)OC1CC(C)(CC)NC(C)(CC)C1C. The molecule has 3 rings (SSSR count). The summed E-state index contributed by atoms with van der Waals surface area (Å²) in [5.41, 5.74) is 1.77. The highest BCUT2D eigenvalue weighted by atomic mass is 16.5. The van der Waals surface area contributed by atoms with Crippen molar-refractivity contribution in [3.63, 3.8) is 0 Å². The molecule has 2 aliphatic heterocycles. The van der Waals surface area contributed by atoms with E-state index in [-0.39, 0.29) is 57.3 Å². The largest absolute Gasteiger partial charge is 0.461 e. The molecular formula is C44H76N2O3. The summed E-state index contributed by atoms with van der Waals surface area (Å²) in [6.45, 7) is 33.7. The molecule has 9 unspecified atom stereocenters. The Balaban J connectivity index is 2.17. The third-order valence-electron chi connectivity index (χ3n) is 13.9. The maximum Gasteiger partial charge on any atom is 0.320 e. The number of rotatable bonds is 14. The maximum absolute atomic E-state index is 15.4. The monoisotopic (exact) mass is 681 g/mol. The van der Waals surface area contributed by atoms with Gasteiger partial charge in [0.05, 0.1) is 0 Å². The maximum atomic E-state index is 15.4. The van der Waals surface area contributed by atoms with Crippen LogP contribution in [0.1, 0.15) is 178 Å². The van der Waals surface area contributed by atoms with Crippen molar-refractivity contribution in [1.29, 1.82) is 0 Å². The van der Waals surface area contributed by atoms with Gasteiger partial charge < -0.3 is 15.4 Å². The van der Waals surface area contributed by atoms with Crippen LogP contribution in [0.3, 0.4) is 0 Å². The van der Waals surface area contributed by atoms with E-state index >= 15 is 9.59 Å². The van der Waals surface area contributed by atoms with Gasteiger partial charge in [-0.05, 0) is 108 Å². The van der Waals surface area contributed by atoms with Crippen LogP contribution < -0.4 is 10.6 Å². The molecule has 1 aromatic carbocycles. The second-order valence-corrected chi connectivity index (χ2v) is 18.8. The van der Waals surface area contributed by atoms with Crippen LogP contribution in [0.4, 0.5) is 0 Å². The molecular weight excluding hydrogens is 604 g/mol. The van der Waals surface area contributed by atoms with Gasteiger partial charge >= 0.3 is 5.97 Å². The van der Waals surface area contributed by atoms with Crippen molar-refractivity contribution in [2.75, 3.05) is 0 Å². The number of unbranched alkanes of at least 4 members (excludes halogenated alkanes) is 1. The summed E-state index contributed by atoms with van der Waals surface area (Å²) < 4.78 is 6.81. The van der Waals surface area contributed by atoms with Crippen LogP contribution in [0.2, 0.25) is 0 Å². The molecule has 0 amide bonds. The average molecular weight is 681 g/mol. The Hall–Kier alpha value is -1.72. The van der Waals surface area contributed by atoms with Gasteiger partial charge in [-0.1, -0.05) is 106 Å². The number of piperidine rings is 2. The number of Topliss-reactive ketones (excluding diaryl/α,β-unsaturated/α-hetero) is 1. The zero-order chi connectivity index (χ0) is 37.2. The number of aryl methyl sites for hydroxylation is 1. The summed E-state index contributed by atoms with van der Waals surface area (Å²) in [5.74, 6) is 0.389. The second-order valence-electron chi connectivity index (χ2n) is 18.8. The molecule has 0 bridgehead atoms. The van der Waals surface area contributed by atoms with Crippen molar-refractivity contribution < 1.29 is 14.3 Å². The Morgan fingerprint density at radius 3 is 1.88 bits per heavy atom. The Morgan fingerprint density at radius 1 is 0.816 bits per heavy atom. The molecule has 2 heterocycles. The first-order chi connectivity index (χ1) is 22.6. The van der Waals surface area contributed by atoms with Gasteiger partial charge in [-0.3, -0.25) is 9.59 Å². The number of esters is 1. The summed E-state index contributed by atoms with van der Waals surface area (Å²) in [4.78, 5) is 30.6. The first-order valence-electron chi connectivity index (χ1n) is 20.0. The molecule has 2 saturated heterocycles. The minimum Gasteiger partial charge on any atom is -0.461 e. The van der Waals surface area contributed by atoms with Crippen LogP contribution in [-0.4, -0.2) is 40.0 Å². The number of benzene rings is 1. The first-order valence-corrected chi connectivity index (χ1v) is 20.0. The first kappa shape index (κ1) is 41.7. The molecule has 2 N–H and O–H groups in total. The van der Waals surface area contributed by atoms with Crippen LogP contribution in [0.15, 0.2) is 18.2 Å². The third kappa shape index (κ3) is 9.02. The molecule has 0 aliphatic carbocycles. The lowest BCUT2D eigenvalue weighted by Gasteiger charge is -2.54. The number of ether oxygens (including phenoxy) is 1. The van der Waals surface area contributed by atoms with Crippen LogP contribution in [0.5, 0.6) is 0 Å². The van der Waals surface area contributed by atoms with E-state index in [2.05, 4.69) is 133 Å². The molecule has 2 fully saturated rings. The molecule has 2 aliphatic rings. The van der Waals surface area contributed by atoms with Crippen molar-refractivity contribution in [3.05, 3.63) is 34.9 Å². The standard InChI is InChI=1S/C44H76N2O3/c1-16-21-22-44(27-33-23-30(6)24-35(25-33)39(9,10)11,37(47)26-34-28-40(12,17-2)45-42(14,19-4)31(34)7)38(48)49-36-29-41(13,18-3)46-43(15,20-5)32(36)8/h23-25,31-32,34,36,45-46H,16-22,26-29H2,1-15H3. The van der Waals surface area contributed by atoms with Crippen LogP contribution in [0, 0.1) is 30.1 Å². The van der Waals surface area contributed by atoms with Crippen LogP contribution >= 0.6 is 0 Å². The highest BCUT2D eigenvalue weighted by Gasteiger charge is 2.54. The molecule has 0 aromatic heterocycles. The van der Waals surface area contributed by atoms with Gasteiger partial charge in [0, 0.05) is 40.9 Å². The second kappa shape index (κ2) is 15.5. The van der Waals surface area contributed by atoms with Crippen molar-refractivity contribution in [3.8, 4) is 0 Å². The fraction of sp³-hybridized carbons (Fsp3) is 0.818. The number of ketones is 1. The molecule has 0 saturated carbocycles. The Labute approximate surface area is 302 Å². The van der Waals surface area contributed by atoms with Gasteiger partial charge in [-0.2, -0.15) is 0 Å². The Morgan fingerprint density at radius 2 is 1.37 bits per heavy atom. The number of hydrogen-bond acceptors (Lipinski definition) is 5. The lowest BCUT2D eigenvalue weighted by molar-refractivity contribution is -0.174. The number of carbonyl (C=O) groups is 2. The fourth-order valence-electron chi connectivity index (χ4n) is 9.22. The van der Waals surface area contributed by atoms with Crippen LogP contribution in [0.25, 0.3) is 0 Å². The highest BCUT2D eigenvalue weighted by Crippen LogP contribution is 2.46. The van der Waals surface area contributed by atoms with Gasteiger partial charge in [-0.15, -0.1) is 0 Å². The lowest BCUT2D eigenvalue weighted by Crippen LogP contribution is -2.66. The molecule has 49 heavy (non-hydrogen) atoms. The van der Waals surface area contributed by atoms with Gasteiger partial charge in [0.25, 0.3) is 0 Å². The van der Waals surface area contributed by atoms with Gasteiger partial charge in [0.2, 0.25) is 0 Å². The Kier molecular flexibility index (Phi) is 13.2. The minimum atomic E-state index is -1.23. The van der Waals surface area contributed by atoms with Crippen molar-refractivity contribution in [2.45, 2.75) is 208 Å². The number of carbonyl (C=O) groups excluding carboxylic acids is 2. The summed E-state index contributed by atoms with van der Waals surface area (Å²) in [7, 11) is 0. The average Bonchev–Trinajstić information content (AvgIpc) is 3.03. The fourth-order valence-corrected chi connectivity index (χ4v) is 9.22. The van der Waals surface area contributed by atoms with Gasteiger partial charge in [0.1, 0.15) is 11.5 Å². The van der Waals surface area contributed by atoms with Crippen molar-refractivity contribution in [2.24, 2.45) is 23.2 Å². The molecule has 0 spiro atoms. The zero-order valence-electron chi connectivity index (χ0n) is 34.5. The minimum absolute atomic E-state index is 0.0448. The smallest absolute Gasteiger partial charge is 0.320 e. The molecule has 0 radical (unpaired) electrons. The molecule has 1 aromatic rings. The van der Waals surface area contributed by atoms with E-state index in [9.17, 15) is 0 Å². The van der Waals surface area contributed by atoms with E-state index in [1.54, 1.807) is 0 Å². The molecule has 5 nitrogen and oxygen atoms in total. The van der Waals surface area contributed by atoms with E-state index < -0.39 is 5.41 Å². The van der Waals surface area contributed by atoms with E-state index in [1.165, 1.54) is 11.1 Å². The van der Waals surface area contributed by atoms with E-state index in [4.69, 9.17) is 4.74 Å². The topological polar surface area (TPSA) is 67.4 Å². The quantitative estimate of drug-likeness (QED) is 0.151. The predicted molar refractivity (Wildman–Crippen MR) is 207 cm³/mol. The predicted octanol–water partition coefficient (Wildman–Crippen LogP) is 10.4. The summed E-state index contributed by atoms with van der Waals surface area (Å²) in [5, 5.41) is 7.94. The van der Waals surface area contributed by atoms with Crippen LogP contribution in [-0.2, 0) is 26.2 Å². The summed E-state index contributed by atoms with van der Waals surface area (Å²) >= 11 is 0. The van der Waals surface area contributed by atoms with Gasteiger partial charge in [0.15, 0.2) is 5.78 Å². The normalized spacial score (nSPS) is 35.1. The molecule has 280 valence electrons. The Bertz CT molecular complexity index is 1240. The lowest BCUT2D eigenvalue weighted by atomic mass is 9.62.